The van der Waals surface area contributed by atoms with Crippen molar-refractivity contribution in [3.63, 3.8) is 0 Å². The molecule has 0 aliphatic carbocycles. The quantitative estimate of drug-likeness (QED) is 0.940. The number of aromatic nitrogens is 1. The molecule has 0 atom stereocenters. The van der Waals surface area contributed by atoms with Crippen LogP contribution >= 0.6 is 0 Å². The molecular formula is C15H15FN2O3. The predicted molar refractivity (Wildman–Crippen MR) is 77.0 cm³/mol. The van der Waals surface area contributed by atoms with Crippen LogP contribution < -0.4 is 14.8 Å². The van der Waals surface area contributed by atoms with Gasteiger partial charge in [0, 0.05) is 24.1 Å². The minimum absolute atomic E-state index is 0.275. The van der Waals surface area contributed by atoms with Crippen molar-refractivity contribution in [3.8, 4) is 22.6 Å². The Labute approximate surface area is 121 Å². The highest BCUT2D eigenvalue weighted by Gasteiger charge is 2.13. The molecule has 0 spiro atoms. The SMILES string of the molecule is COc1ccc(-c2cc(NC(C)=O)ncc2F)c(OC)c1. The molecule has 0 fully saturated rings. The summed E-state index contributed by atoms with van der Waals surface area (Å²) in [6, 6.07) is 6.51. The number of carbonyl (C=O) groups is 1. The van der Waals surface area contributed by atoms with Gasteiger partial charge in [-0.1, -0.05) is 0 Å². The summed E-state index contributed by atoms with van der Waals surface area (Å²) in [5.74, 6) is 0.562. The van der Waals surface area contributed by atoms with Crippen LogP contribution in [0.2, 0.25) is 0 Å². The Morgan fingerprint density at radius 1 is 1.19 bits per heavy atom. The molecule has 2 aromatic rings. The minimum Gasteiger partial charge on any atom is -0.497 e. The standard InChI is InChI=1S/C15H15FN2O3/c1-9(19)18-15-7-12(13(16)8-17-15)11-5-4-10(20-2)6-14(11)21-3/h4-8H,1-3H3,(H,17,18,19). The van der Waals surface area contributed by atoms with Crippen molar-refractivity contribution >= 4 is 11.7 Å². The number of carbonyl (C=O) groups excluding carboxylic acids is 1. The van der Waals surface area contributed by atoms with Crippen LogP contribution in [0, 0.1) is 5.82 Å². The topological polar surface area (TPSA) is 60.5 Å². The second-order valence-corrected chi connectivity index (χ2v) is 4.30. The number of hydrogen-bond acceptors (Lipinski definition) is 4. The van der Waals surface area contributed by atoms with Crippen molar-refractivity contribution in [2.45, 2.75) is 6.92 Å². The minimum atomic E-state index is -0.507. The van der Waals surface area contributed by atoms with E-state index in [1.54, 1.807) is 18.2 Å². The zero-order valence-electron chi connectivity index (χ0n) is 11.9. The molecule has 0 bridgehead atoms. The number of methoxy groups -OCH3 is 2. The summed E-state index contributed by atoms with van der Waals surface area (Å²) in [6.07, 6.45) is 1.06. The molecule has 0 radical (unpaired) electrons. The third kappa shape index (κ3) is 3.28. The Hall–Kier alpha value is -2.63. The Balaban J connectivity index is 2.52. The molecule has 0 saturated carbocycles. The highest BCUT2D eigenvalue weighted by atomic mass is 19.1. The molecule has 0 aliphatic heterocycles. The first-order valence-electron chi connectivity index (χ1n) is 6.20. The maximum atomic E-state index is 14.0. The number of amides is 1. The maximum Gasteiger partial charge on any atom is 0.222 e. The molecule has 1 N–H and O–H groups in total. The molecule has 0 aliphatic rings. The van der Waals surface area contributed by atoms with Crippen molar-refractivity contribution < 1.29 is 18.7 Å². The van der Waals surface area contributed by atoms with E-state index < -0.39 is 5.82 Å². The molecule has 0 unspecified atom stereocenters. The van der Waals surface area contributed by atoms with Crippen molar-refractivity contribution in [2.24, 2.45) is 0 Å². The summed E-state index contributed by atoms with van der Waals surface area (Å²) in [6.45, 7) is 1.36. The molecule has 21 heavy (non-hydrogen) atoms. The predicted octanol–water partition coefficient (Wildman–Crippen LogP) is 2.86. The Morgan fingerprint density at radius 3 is 2.57 bits per heavy atom. The van der Waals surface area contributed by atoms with Crippen molar-refractivity contribution in [1.82, 2.24) is 4.98 Å². The first-order chi connectivity index (χ1) is 10.0. The number of hydrogen-bond donors (Lipinski definition) is 1. The molecule has 6 heteroatoms. The van der Waals surface area contributed by atoms with Gasteiger partial charge >= 0.3 is 0 Å². The monoisotopic (exact) mass is 290 g/mol. The number of halogens is 1. The van der Waals surface area contributed by atoms with E-state index in [1.165, 1.54) is 27.2 Å². The van der Waals surface area contributed by atoms with E-state index in [2.05, 4.69) is 10.3 Å². The highest BCUT2D eigenvalue weighted by molar-refractivity contribution is 5.88. The van der Waals surface area contributed by atoms with E-state index in [-0.39, 0.29) is 17.3 Å². The van der Waals surface area contributed by atoms with Gasteiger partial charge in [-0.2, -0.15) is 0 Å². The van der Waals surface area contributed by atoms with Crippen molar-refractivity contribution in [1.29, 1.82) is 0 Å². The molecule has 0 saturated heterocycles. The summed E-state index contributed by atoms with van der Waals surface area (Å²) in [5.41, 5.74) is 0.832. The average Bonchev–Trinajstić information content (AvgIpc) is 2.48. The number of rotatable bonds is 4. The largest absolute Gasteiger partial charge is 0.497 e. The lowest BCUT2D eigenvalue weighted by molar-refractivity contribution is -0.114. The summed E-state index contributed by atoms with van der Waals surface area (Å²) in [5, 5.41) is 2.52. The fraction of sp³-hybridized carbons (Fsp3) is 0.200. The summed E-state index contributed by atoms with van der Waals surface area (Å²) >= 11 is 0. The van der Waals surface area contributed by atoms with Crippen LogP contribution in [-0.2, 0) is 4.79 Å². The fourth-order valence-corrected chi connectivity index (χ4v) is 1.91. The smallest absolute Gasteiger partial charge is 0.222 e. The Bertz CT molecular complexity index is 674. The Morgan fingerprint density at radius 2 is 1.95 bits per heavy atom. The number of nitrogens with one attached hydrogen (secondary N) is 1. The first kappa shape index (κ1) is 14.8. The van der Waals surface area contributed by atoms with Crippen LogP contribution in [0.1, 0.15) is 6.92 Å². The third-order valence-electron chi connectivity index (χ3n) is 2.86. The molecule has 1 amide bonds. The van der Waals surface area contributed by atoms with Gasteiger partial charge in [0.1, 0.15) is 23.1 Å². The summed E-state index contributed by atoms with van der Waals surface area (Å²) in [4.78, 5) is 14.9. The van der Waals surface area contributed by atoms with Crippen LogP contribution in [0.3, 0.4) is 0 Å². The summed E-state index contributed by atoms with van der Waals surface area (Å²) < 4.78 is 24.4. The van der Waals surface area contributed by atoms with Gasteiger partial charge in [0.25, 0.3) is 0 Å². The van der Waals surface area contributed by atoms with Crippen LogP contribution in [-0.4, -0.2) is 25.1 Å². The van der Waals surface area contributed by atoms with Gasteiger partial charge < -0.3 is 14.8 Å². The molecule has 110 valence electrons. The van der Waals surface area contributed by atoms with Crippen molar-refractivity contribution in [3.05, 3.63) is 36.3 Å². The fourth-order valence-electron chi connectivity index (χ4n) is 1.91. The number of nitrogens with zero attached hydrogens (tertiary/aromatic N) is 1. The van der Waals surface area contributed by atoms with Gasteiger partial charge in [0.15, 0.2) is 0 Å². The van der Waals surface area contributed by atoms with Crippen LogP contribution in [0.5, 0.6) is 11.5 Å². The van der Waals surface area contributed by atoms with E-state index in [4.69, 9.17) is 9.47 Å². The zero-order chi connectivity index (χ0) is 15.4. The number of ether oxygens (including phenoxy) is 2. The molecule has 1 aromatic heterocycles. The number of anilines is 1. The van der Waals surface area contributed by atoms with Gasteiger partial charge in [-0.05, 0) is 18.2 Å². The van der Waals surface area contributed by atoms with Gasteiger partial charge in [-0.15, -0.1) is 0 Å². The maximum absolute atomic E-state index is 14.0. The van der Waals surface area contributed by atoms with E-state index >= 15 is 0 Å². The third-order valence-corrected chi connectivity index (χ3v) is 2.86. The van der Waals surface area contributed by atoms with Crippen molar-refractivity contribution in [2.75, 3.05) is 19.5 Å². The molecular weight excluding hydrogens is 275 g/mol. The zero-order valence-corrected chi connectivity index (χ0v) is 11.9. The van der Waals surface area contributed by atoms with E-state index in [0.29, 0.717) is 17.1 Å². The normalized spacial score (nSPS) is 10.1. The first-order valence-corrected chi connectivity index (χ1v) is 6.20. The number of pyridine rings is 1. The van der Waals surface area contributed by atoms with Gasteiger partial charge in [-0.25, -0.2) is 9.37 Å². The molecule has 1 heterocycles. The lowest BCUT2D eigenvalue weighted by Gasteiger charge is -2.12. The lowest BCUT2D eigenvalue weighted by atomic mass is 10.0. The lowest BCUT2D eigenvalue weighted by Crippen LogP contribution is -2.07. The van der Waals surface area contributed by atoms with Gasteiger partial charge in [-0.3, -0.25) is 4.79 Å². The van der Waals surface area contributed by atoms with Crippen LogP contribution in [0.25, 0.3) is 11.1 Å². The van der Waals surface area contributed by atoms with E-state index in [1.807, 2.05) is 0 Å². The van der Waals surface area contributed by atoms with Crippen LogP contribution in [0.15, 0.2) is 30.5 Å². The van der Waals surface area contributed by atoms with E-state index in [0.717, 1.165) is 6.20 Å². The number of benzene rings is 1. The second kappa shape index (κ2) is 6.21. The van der Waals surface area contributed by atoms with Gasteiger partial charge in [0.05, 0.1) is 20.4 Å². The molecule has 2 rings (SSSR count). The van der Waals surface area contributed by atoms with E-state index in [9.17, 15) is 9.18 Å². The Kier molecular flexibility index (Phi) is 4.37. The molecule has 5 nitrogen and oxygen atoms in total. The second-order valence-electron chi connectivity index (χ2n) is 4.30. The molecule has 1 aromatic carbocycles. The summed E-state index contributed by atoms with van der Waals surface area (Å²) in [7, 11) is 3.03. The highest BCUT2D eigenvalue weighted by Crippen LogP contribution is 2.35. The average molecular weight is 290 g/mol. The van der Waals surface area contributed by atoms with Gasteiger partial charge in [0.2, 0.25) is 5.91 Å². The van der Waals surface area contributed by atoms with Crippen LogP contribution in [0.4, 0.5) is 10.2 Å².